The fraction of sp³-hybridized carbons (Fsp3) is 0.250. The highest BCUT2D eigenvalue weighted by atomic mass is 16.3. The molecule has 0 aliphatic heterocycles. The van der Waals surface area contributed by atoms with Gasteiger partial charge in [0.1, 0.15) is 0 Å². The van der Waals surface area contributed by atoms with Crippen LogP contribution in [0.3, 0.4) is 0 Å². The van der Waals surface area contributed by atoms with Crippen molar-refractivity contribution in [2.24, 2.45) is 5.92 Å². The first kappa shape index (κ1) is 12.8. The highest BCUT2D eigenvalue weighted by Crippen LogP contribution is 2.32. The Balaban J connectivity index is 2.29. The number of hydrogen-bond acceptors (Lipinski definition) is 3. The molecule has 4 nitrogen and oxygen atoms in total. The highest BCUT2D eigenvalue weighted by molar-refractivity contribution is 5.94. The monoisotopic (exact) mass is 268 g/mol. The lowest BCUT2D eigenvalue weighted by Gasteiger charge is -2.24. The number of allylic oxidation sites excluding steroid dienone is 2. The SMILES string of the molecule is CC1=C(c2n[nH]c(=O)c3ccccc23)C=CC(O)C1C. The average Bonchev–Trinajstić information content (AvgIpc) is 2.47. The van der Waals surface area contributed by atoms with Gasteiger partial charge in [0.05, 0.1) is 17.2 Å². The molecule has 102 valence electrons. The van der Waals surface area contributed by atoms with Gasteiger partial charge in [-0.15, -0.1) is 0 Å². The number of aliphatic hydroxyl groups excluding tert-OH is 1. The molecule has 2 N–H and O–H groups in total. The Kier molecular flexibility index (Phi) is 3.03. The number of hydrogen-bond donors (Lipinski definition) is 2. The zero-order valence-electron chi connectivity index (χ0n) is 11.4. The van der Waals surface area contributed by atoms with E-state index in [2.05, 4.69) is 10.2 Å². The van der Waals surface area contributed by atoms with Crippen LogP contribution in [0.4, 0.5) is 0 Å². The van der Waals surface area contributed by atoms with Crippen molar-refractivity contribution in [2.75, 3.05) is 0 Å². The molecule has 2 atom stereocenters. The minimum absolute atomic E-state index is 0.0440. The first-order valence-electron chi connectivity index (χ1n) is 6.64. The Hall–Kier alpha value is -2.20. The van der Waals surface area contributed by atoms with Crippen LogP contribution >= 0.6 is 0 Å². The third kappa shape index (κ3) is 1.89. The maximum atomic E-state index is 11.8. The molecular weight excluding hydrogens is 252 g/mol. The standard InChI is InChI=1S/C16H16N2O2/c1-9-10(2)14(19)8-7-11(9)15-12-5-3-4-6-13(12)16(20)18-17-15/h3-8,10,14,19H,1-2H3,(H,18,20). The largest absolute Gasteiger partial charge is 0.388 e. The zero-order chi connectivity index (χ0) is 14.3. The third-order valence-corrected chi connectivity index (χ3v) is 4.03. The van der Waals surface area contributed by atoms with E-state index in [9.17, 15) is 9.90 Å². The van der Waals surface area contributed by atoms with E-state index in [4.69, 9.17) is 0 Å². The van der Waals surface area contributed by atoms with Crippen LogP contribution in [-0.2, 0) is 0 Å². The summed E-state index contributed by atoms with van der Waals surface area (Å²) < 4.78 is 0. The lowest BCUT2D eigenvalue weighted by atomic mass is 9.85. The molecule has 0 saturated carbocycles. The van der Waals surface area contributed by atoms with Crippen molar-refractivity contribution in [3.8, 4) is 0 Å². The molecule has 1 aliphatic rings. The molecule has 1 aliphatic carbocycles. The summed E-state index contributed by atoms with van der Waals surface area (Å²) in [7, 11) is 0. The Morgan fingerprint density at radius 1 is 1.25 bits per heavy atom. The lowest BCUT2D eigenvalue weighted by Crippen LogP contribution is -2.20. The minimum Gasteiger partial charge on any atom is -0.388 e. The van der Waals surface area contributed by atoms with Gasteiger partial charge in [-0.05, 0) is 13.0 Å². The number of fused-ring (bicyclic) bond motifs is 1. The van der Waals surface area contributed by atoms with Crippen LogP contribution in [-0.4, -0.2) is 21.4 Å². The summed E-state index contributed by atoms with van der Waals surface area (Å²) in [5, 5.41) is 18.1. The van der Waals surface area contributed by atoms with E-state index in [0.717, 1.165) is 22.2 Å². The summed E-state index contributed by atoms with van der Waals surface area (Å²) in [5.74, 6) is 0.0440. The number of nitrogens with zero attached hydrogens (tertiary/aromatic N) is 1. The number of H-pyrrole nitrogens is 1. The number of aromatic amines is 1. The number of rotatable bonds is 1. The molecule has 0 saturated heterocycles. The maximum absolute atomic E-state index is 11.8. The van der Waals surface area contributed by atoms with Crippen molar-refractivity contribution in [3.05, 3.63) is 58.0 Å². The van der Waals surface area contributed by atoms with Crippen LogP contribution in [0, 0.1) is 5.92 Å². The molecule has 4 heteroatoms. The molecule has 0 bridgehead atoms. The minimum atomic E-state index is -0.465. The van der Waals surface area contributed by atoms with Gasteiger partial charge in [0.2, 0.25) is 0 Å². The Morgan fingerprint density at radius 2 is 1.95 bits per heavy atom. The van der Waals surface area contributed by atoms with Gasteiger partial charge >= 0.3 is 0 Å². The van der Waals surface area contributed by atoms with E-state index in [0.29, 0.717) is 5.39 Å². The van der Waals surface area contributed by atoms with Crippen molar-refractivity contribution in [1.82, 2.24) is 10.2 Å². The molecule has 0 radical (unpaired) electrons. The van der Waals surface area contributed by atoms with E-state index in [1.807, 2.05) is 38.1 Å². The number of aromatic nitrogens is 2. The summed E-state index contributed by atoms with van der Waals surface area (Å²) in [6, 6.07) is 7.43. The smallest absolute Gasteiger partial charge is 0.272 e. The second-order valence-corrected chi connectivity index (χ2v) is 5.18. The van der Waals surface area contributed by atoms with Gasteiger partial charge in [0.25, 0.3) is 5.56 Å². The van der Waals surface area contributed by atoms with E-state index >= 15 is 0 Å². The third-order valence-electron chi connectivity index (χ3n) is 4.03. The Labute approximate surface area is 116 Å². The van der Waals surface area contributed by atoms with Crippen molar-refractivity contribution >= 4 is 16.3 Å². The van der Waals surface area contributed by atoms with Crippen LogP contribution < -0.4 is 5.56 Å². The van der Waals surface area contributed by atoms with Gasteiger partial charge < -0.3 is 5.11 Å². The van der Waals surface area contributed by atoms with Crippen LogP contribution in [0.1, 0.15) is 19.5 Å². The molecular formula is C16H16N2O2. The van der Waals surface area contributed by atoms with E-state index < -0.39 is 6.10 Å². The van der Waals surface area contributed by atoms with Crippen molar-refractivity contribution in [1.29, 1.82) is 0 Å². The van der Waals surface area contributed by atoms with Crippen LogP contribution in [0.25, 0.3) is 16.3 Å². The molecule has 2 unspecified atom stereocenters. The molecule has 0 fully saturated rings. The van der Waals surface area contributed by atoms with Crippen molar-refractivity contribution < 1.29 is 5.11 Å². The van der Waals surface area contributed by atoms with E-state index in [1.165, 1.54) is 0 Å². The Bertz CT molecular complexity index is 786. The predicted molar refractivity (Wildman–Crippen MR) is 79.3 cm³/mol. The van der Waals surface area contributed by atoms with E-state index in [-0.39, 0.29) is 11.5 Å². The van der Waals surface area contributed by atoms with Gasteiger partial charge in [-0.1, -0.05) is 42.8 Å². The maximum Gasteiger partial charge on any atom is 0.272 e. The molecule has 2 aromatic rings. The topological polar surface area (TPSA) is 66.0 Å². The normalized spacial score (nSPS) is 22.6. The molecule has 3 rings (SSSR count). The Morgan fingerprint density at radius 3 is 2.70 bits per heavy atom. The highest BCUT2D eigenvalue weighted by Gasteiger charge is 2.22. The average molecular weight is 268 g/mol. The second kappa shape index (κ2) is 4.72. The van der Waals surface area contributed by atoms with Gasteiger partial charge in [-0.3, -0.25) is 4.79 Å². The first-order valence-corrected chi connectivity index (χ1v) is 6.64. The van der Waals surface area contributed by atoms with Crippen molar-refractivity contribution in [3.63, 3.8) is 0 Å². The molecule has 1 heterocycles. The van der Waals surface area contributed by atoms with Gasteiger partial charge in [0, 0.05) is 16.9 Å². The molecule has 0 amide bonds. The fourth-order valence-corrected chi connectivity index (χ4v) is 2.58. The van der Waals surface area contributed by atoms with Crippen molar-refractivity contribution in [2.45, 2.75) is 20.0 Å². The quantitative estimate of drug-likeness (QED) is 0.833. The summed E-state index contributed by atoms with van der Waals surface area (Å²) in [5.41, 5.74) is 2.61. The summed E-state index contributed by atoms with van der Waals surface area (Å²) in [4.78, 5) is 11.8. The predicted octanol–water partition coefficient (Wildman–Crippen LogP) is 2.26. The molecule has 0 spiro atoms. The number of benzene rings is 1. The summed E-state index contributed by atoms with van der Waals surface area (Å²) >= 11 is 0. The first-order chi connectivity index (χ1) is 9.59. The van der Waals surface area contributed by atoms with Crippen LogP contribution in [0.5, 0.6) is 0 Å². The van der Waals surface area contributed by atoms with Gasteiger partial charge in [-0.25, -0.2) is 5.10 Å². The number of nitrogens with one attached hydrogen (secondary N) is 1. The lowest BCUT2D eigenvalue weighted by molar-refractivity contribution is 0.178. The summed E-state index contributed by atoms with van der Waals surface area (Å²) in [6.07, 6.45) is 3.19. The molecule has 1 aromatic carbocycles. The van der Waals surface area contributed by atoms with Crippen LogP contribution in [0.2, 0.25) is 0 Å². The fourth-order valence-electron chi connectivity index (χ4n) is 2.58. The summed E-state index contributed by atoms with van der Waals surface area (Å²) in [6.45, 7) is 3.98. The molecule has 1 aromatic heterocycles. The van der Waals surface area contributed by atoms with Gasteiger partial charge in [0.15, 0.2) is 0 Å². The number of aliphatic hydroxyl groups is 1. The van der Waals surface area contributed by atoms with E-state index in [1.54, 1.807) is 12.1 Å². The zero-order valence-corrected chi connectivity index (χ0v) is 11.4. The van der Waals surface area contributed by atoms with Gasteiger partial charge in [-0.2, -0.15) is 5.10 Å². The molecule has 20 heavy (non-hydrogen) atoms. The second-order valence-electron chi connectivity index (χ2n) is 5.18. The van der Waals surface area contributed by atoms with Crippen LogP contribution in [0.15, 0.2) is 46.8 Å².